The SMILES string of the molecule is C=C(CCC)C(CCc1ccccc1)NCC(=O)N1CCCC1. The van der Waals surface area contributed by atoms with Crippen LogP contribution in [0.3, 0.4) is 0 Å². The molecule has 1 aliphatic rings. The van der Waals surface area contributed by atoms with Gasteiger partial charge in [0, 0.05) is 19.1 Å². The third-order valence-corrected chi connectivity index (χ3v) is 4.59. The Labute approximate surface area is 140 Å². The summed E-state index contributed by atoms with van der Waals surface area (Å²) in [4.78, 5) is 14.2. The van der Waals surface area contributed by atoms with Gasteiger partial charge in [-0.15, -0.1) is 0 Å². The van der Waals surface area contributed by atoms with E-state index in [0.29, 0.717) is 6.54 Å². The minimum Gasteiger partial charge on any atom is -0.342 e. The maximum atomic E-state index is 12.2. The first-order chi connectivity index (χ1) is 11.2. The minimum absolute atomic E-state index is 0.224. The number of hydrogen-bond acceptors (Lipinski definition) is 2. The Morgan fingerprint density at radius 1 is 1.26 bits per heavy atom. The standard InChI is InChI=1S/C20H30N2O/c1-3-9-17(2)19(13-12-18-10-5-4-6-11-18)21-16-20(23)22-14-7-8-15-22/h4-6,10-11,19,21H,2-3,7-9,12-16H2,1H3. The fraction of sp³-hybridized carbons (Fsp3) is 0.550. The van der Waals surface area contributed by atoms with E-state index in [4.69, 9.17) is 0 Å². The van der Waals surface area contributed by atoms with Crippen molar-refractivity contribution in [3.05, 3.63) is 48.0 Å². The van der Waals surface area contributed by atoms with Gasteiger partial charge in [0.1, 0.15) is 0 Å². The van der Waals surface area contributed by atoms with Crippen LogP contribution in [-0.2, 0) is 11.2 Å². The Morgan fingerprint density at radius 2 is 1.96 bits per heavy atom. The zero-order valence-corrected chi connectivity index (χ0v) is 14.4. The van der Waals surface area contributed by atoms with Crippen LogP contribution in [0.5, 0.6) is 0 Å². The highest BCUT2D eigenvalue weighted by molar-refractivity contribution is 5.78. The van der Waals surface area contributed by atoms with Crippen LogP contribution in [0.25, 0.3) is 0 Å². The number of aryl methyl sites for hydroxylation is 1. The molecule has 2 rings (SSSR count). The lowest BCUT2D eigenvalue weighted by Crippen LogP contribution is -2.41. The van der Waals surface area contributed by atoms with Gasteiger partial charge in [0.2, 0.25) is 5.91 Å². The molecule has 1 aromatic rings. The Hall–Kier alpha value is -1.61. The summed E-state index contributed by atoms with van der Waals surface area (Å²) >= 11 is 0. The molecule has 3 nitrogen and oxygen atoms in total. The Morgan fingerprint density at radius 3 is 2.61 bits per heavy atom. The number of rotatable bonds is 9. The third-order valence-electron chi connectivity index (χ3n) is 4.59. The molecule has 0 spiro atoms. The van der Waals surface area contributed by atoms with E-state index < -0.39 is 0 Å². The second-order valence-electron chi connectivity index (χ2n) is 6.45. The lowest BCUT2D eigenvalue weighted by atomic mass is 9.97. The van der Waals surface area contributed by atoms with Crippen molar-refractivity contribution in [3.8, 4) is 0 Å². The summed E-state index contributed by atoms with van der Waals surface area (Å²) < 4.78 is 0. The van der Waals surface area contributed by atoms with E-state index in [-0.39, 0.29) is 11.9 Å². The maximum absolute atomic E-state index is 12.2. The average Bonchev–Trinajstić information content (AvgIpc) is 3.10. The van der Waals surface area contributed by atoms with Crippen LogP contribution in [-0.4, -0.2) is 36.5 Å². The molecule has 1 amide bonds. The summed E-state index contributed by atoms with van der Waals surface area (Å²) in [6.45, 7) is 8.70. The summed E-state index contributed by atoms with van der Waals surface area (Å²) in [7, 11) is 0. The number of hydrogen-bond donors (Lipinski definition) is 1. The molecule has 0 aliphatic carbocycles. The smallest absolute Gasteiger partial charge is 0.236 e. The van der Waals surface area contributed by atoms with Gasteiger partial charge in [-0.2, -0.15) is 0 Å². The zero-order valence-electron chi connectivity index (χ0n) is 14.4. The van der Waals surface area contributed by atoms with Crippen LogP contribution in [0.4, 0.5) is 0 Å². The molecular formula is C20H30N2O. The van der Waals surface area contributed by atoms with Crippen LogP contribution < -0.4 is 5.32 Å². The van der Waals surface area contributed by atoms with Gasteiger partial charge in [0.15, 0.2) is 0 Å². The van der Waals surface area contributed by atoms with Crippen molar-refractivity contribution < 1.29 is 4.79 Å². The highest BCUT2D eigenvalue weighted by Crippen LogP contribution is 2.15. The molecule has 1 aliphatic heterocycles. The van der Waals surface area contributed by atoms with Gasteiger partial charge in [-0.25, -0.2) is 0 Å². The Kier molecular flexibility index (Phi) is 7.34. The molecular weight excluding hydrogens is 284 g/mol. The van der Waals surface area contributed by atoms with Gasteiger partial charge in [-0.1, -0.05) is 55.8 Å². The van der Waals surface area contributed by atoms with E-state index in [0.717, 1.165) is 51.6 Å². The third kappa shape index (κ3) is 5.83. The van der Waals surface area contributed by atoms with Crippen LogP contribution >= 0.6 is 0 Å². The zero-order chi connectivity index (χ0) is 16.5. The van der Waals surface area contributed by atoms with Crippen molar-refractivity contribution >= 4 is 5.91 Å². The number of nitrogens with zero attached hydrogens (tertiary/aromatic N) is 1. The van der Waals surface area contributed by atoms with Crippen molar-refractivity contribution in [3.63, 3.8) is 0 Å². The van der Waals surface area contributed by atoms with E-state index in [1.54, 1.807) is 0 Å². The van der Waals surface area contributed by atoms with Gasteiger partial charge in [-0.3, -0.25) is 4.79 Å². The topological polar surface area (TPSA) is 32.3 Å². The van der Waals surface area contributed by atoms with E-state index >= 15 is 0 Å². The van der Waals surface area contributed by atoms with Gasteiger partial charge in [0.05, 0.1) is 6.54 Å². The first-order valence-corrected chi connectivity index (χ1v) is 8.93. The molecule has 3 heteroatoms. The number of carbonyl (C=O) groups excluding carboxylic acids is 1. The van der Waals surface area contributed by atoms with Crippen molar-refractivity contribution in [2.45, 2.75) is 51.5 Å². The fourth-order valence-electron chi connectivity index (χ4n) is 3.19. The molecule has 0 radical (unpaired) electrons. The van der Waals surface area contributed by atoms with Crippen LogP contribution in [0.1, 0.15) is 44.6 Å². The highest BCUT2D eigenvalue weighted by Gasteiger charge is 2.19. The maximum Gasteiger partial charge on any atom is 0.236 e. The number of carbonyl (C=O) groups is 1. The Bertz CT molecular complexity index is 492. The quantitative estimate of drug-likeness (QED) is 0.707. The molecule has 1 fully saturated rings. The summed E-state index contributed by atoms with van der Waals surface area (Å²) in [6, 6.07) is 10.8. The van der Waals surface area contributed by atoms with Crippen molar-refractivity contribution in [2.24, 2.45) is 0 Å². The molecule has 23 heavy (non-hydrogen) atoms. The number of amides is 1. The van der Waals surface area contributed by atoms with E-state index in [9.17, 15) is 4.79 Å². The number of likely N-dealkylation sites (tertiary alicyclic amines) is 1. The van der Waals surface area contributed by atoms with E-state index in [2.05, 4.69) is 43.1 Å². The van der Waals surface area contributed by atoms with E-state index in [1.807, 2.05) is 11.0 Å². The molecule has 126 valence electrons. The Balaban J connectivity index is 1.85. The first kappa shape index (κ1) is 17.7. The molecule has 0 aromatic heterocycles. The molecule has 1 atom stereocenters. The van der Waals surface area contributed by atoms with Crippen LogP contribution in [0.15, 0.2) is 42.5 Å². The summed E-state index contributed by atoms with van der Waals surface area (Å²) in [6.07, 6.45) is 6.42. The molecule has 0 saturated carbocycles. The van der Waals surface area contributed by atoms with Crippen molar-refractivity contribution in [2.75, 3.05) is 19.6 Å². The predicted octanol–water partition coefficient (Wildman–Crippen LogP) is 3.56. The van der Waals surface area contributed by atoms with Gasteiger partial charge in [-0.05, 0) is 37.7 Å². The lowest BCUT2D eigenvalue weighted by Gasteiger charge is -2.23. The van der Waals surface area contributed by atoms with Gasteiger partial charge in [0.25, 0.3) is 0 Å². The second-order valence-corrected chi connectivity index (χ2v) is 6.45. The van der Waals surface area contributed by atoms with Crippen molar-refractivity contribution in [1.29, 1.82) is 0 Å². The van der Waals surface area contributed by atoms with Crippen LogP contribution in [0.2, 0.25) is 0 Å². The summed E-state index contributed by atoms with van der Waals surface area (Å²) in [5, 5.41) is 3.46. The van der Waals surface area contributed by atoms with Gasteiger partial charge >= 0.3 is 0 Å². The van der Waals surface area contributed by atoms with Gasteiger partial charge < -0.3 is 10.2 Å². The van der Waals surface area contributed by atoms with Crippen LogP contribution in [0, 0.1) is 0 Å². The van der Waals surface area contributed by atoms with E-state index in [1.165, 1.54) is 11.1 Å². The normalized spacial score (nSPS) is 15.6. The summed E-state index contributed by atoms with van der Waals surface area (Å²) in [5.41, 5.74) is 2.56. The first-order valence-electron chi connectivity index (χ1n) is 8.93. The monoisotopic (exact) mass is 314 g/mol. The largest absolute Gasteiger partial charge is 0.342 e. The molecule has 1 unspecified atom stereocenters. The number of nitrogens with one attached hydrogen (secondary N) is 1. The molecule has 1 N–H and O–H groups in total. The average molecular weight is 314 g/mol. The second kappa shape index (κ2) is 9.51. The number of benzene rings is 1. The lowest BCUT2D eigenvalue weighted by molar-refractivity contribution is -0.129. The fourth-order valence-corrected chi connectivity index (χ4v) is 3.19. The molecule has 1 saturated heterocycles. The molecule has 0 bridgehead atoms. The predicted molar refractivity (Wildman–Crippen MR) is 96.4 cm³/mol. The minimum atomic E-state index is 0.224. The summed E-state index contributed by atoms with van der Waals surface area (Å²) in [5.74, 6) is 0.233. The van der Waals surface area contributed by atoms with Crippen molar-refractivity contribution in [1.82, 2.24) is 10.2 Å². The molecule has 1 aromatic carbocycles. The highest BCUT2D eigenvalue weighted by atomic mass is 16.2. The molecule has 1 heterocycles.